The Morgan fingerprint density at radius 3 is 2.38 bits per heavy atom. The van der Waals surface area contributed by atoms with Crippen molar-refractivity contribution in [3.05, 3.63) is 65.7 Å². The number of amides is 2. The number of aliphatic carboxylic acids is 1. The van der Waals surface area contributed by atoms with Crippen LogP contribution in [0.15, 0.2) is 54.6 Å². The predicted molar refractivity (Wildman–Crippen MR) is 128 cm³/mol. The van der Waals surface area contributed by atoms with Crippen LogP contribution in [-0.4, -0.2) is 55.8 Å². The number of carboxylic acids is 1. The molecule has 1 fully saturated rings. The van der Waals surface area contributed by atoms with Gasteiger partial charge in [0.25, 0.3) is 0 Å². The fraction of sp³-hybridized carbons (Fsp3) is 0.360. The normalized spacial score (nSPS) is 18.3. The highest BCUT2D eigenvalue weighted by atomic mass is 32.2. The number of hydrogen-bond acceptors (Lipinski definition) is 6. The van der Waals surface area contributed by atoms with Crippen molar-refractivity contribution in [2.75, 3.05) is 6.54 Å². The lowest BCUT2D eigenvalue weighted by Gasteiger charge is -2.29. The lowest BCUT2D eigenvalue weighted by atomic mass is 10.0. The molecule has 0 aliphatic carbocycles. The number of nitrogens with zero attached hydrogens (tertiary/aromatic N) is 1. The number of thioether (sulfide) groups is 1. The quantitative estimate of drug-likeness (QED) is 0.500. The van der Waals surface area contributed by atoms with Crippen LogP contribution in [0.3, 0.4) is 0 Å². The van der Waals surface area contributed by atoms with Gasteiger partial charge in [0.1, 0.15) is 11.8 Å². The largest absolute Gasteiger partial charge is 0.508 e. The molecule has 1 aliphatic heterocycles. The van der Waals surface area contributed by atoms with E-state index in [1.165, 1.54) is 11.0 Å². The first-order valence-corrected chi connectivity index (χ1v) is 12.0. The van der Waals surface area contributed by atoms with Crippen LogP contribution >= 0.6 is 11.8 Å². The number of phenolic OH excluding ortho intramolecular Hbond substituents is 1. The van der Waals surface area contributed by atoms with Crippen LogP contribution < -0.4 is 5.32 Å². The zero-order valence-electron chi connectivity index (χ0n) is 18.8. The fourth-order valence-corrected chi connectivity index (χ4v) is 5.05. The van der Waals surface area contributed by atoms with Gasteiger partial charge in [-0.15, -0.1) is 0 Å². The van der Waals surface area contributed by atoms with Gasteiger partial charge in [0, 0.05) is 12.0 Å². The van der Waals surface area contributed by atoms with Gasteiger partial charge in [-0.05, 0) is 30.9 Å². The molecule has 2 amide bonds. The first-order valence-electron chi connectivity index (χ1n) is 11.1. The number of likely N-dealkylation sites (tertiary alicyclic amines) is 1. The third kappa shape index (κ3) is 6.17. The molecule has 3 N–H and O–H groups in total. The Balaban J connectivity index is 1.73. The topological polar surface area (TPSA) is 124 Å². The van der Waals surface area contributed by atoms with Gasteiger partial charge in [-0.3, -0.25) is 14.4 Å². The Kier molecular flexibility index (Phi) is 8.70. The molecule has 0 radical (unpaired) electrons. The molecule has 34 heavy (non-hydrogen) atoms. The molecule has 1 saturated heterocycles. The van der Waals surface area contributed by atoms with E-state index in [0.29, 0.717) is 18.4 Å². The molecule has 180 valence electrons. The molecular weight excluding hydrogens is 456 g/mol. The Morgan fingerprint density at radius 1 is 1.06 bits per heavy atom. The Morgan fingerprint density at radius 2 is 1.74 bits per heavy atom. The zero-order chi connectivity index (χ0) is 24.7. The van der Waals surface area contributed by atoms with Crippen LogP contribution in [0.4, 0.5) is 0 Å². The van der Waals surface area contributed by atoms with Gasteiger partial charge in [0.05, 0.1) is 17.8 Å². The summed E-state index contributed by atoms with van der Waals surface area (Å²) in [4.78, 5) is 51.1. The number of benzene rings is 2. The average molecular weight is 485 g/mol. The van der Waals surface area contributed by atoms with Crippen molar-refractivity contribution in [1.82, 2.24) is 10.2 Å². The van der Waals surface area contributed by atoms with E-state index in [-0.39, 0.29) is 23.7 Å². The fourth-order valence-electron chi connectivity index (χ4n) is 4.10. The summed E-state index contributed by atoms with van der Waals surface area (Å²) in [6.07, 6.45) is 1.22. The number of rotatable bonds is 9. The minimum atomic E-state index is -1.14. The van der Waals surface area contributed by atoms with Crippen LogP contribution in [0.25, 0.3) is 0 Å². The molecule has 3 atom stereocenters. The Bertz CT molecular complexity index is 1040. The maximum absolute atomic E-state index is 13.1. The molecule has 1 heterocycles. The number of nitrogens with one attached hydrogen (secondary N) is 1. The van der Waals surface area contributed by atoms with E-state index in [4.69, 9.17) is 0 Å². The third-order valence-corrected chi connectivity index (χ3v) is 7.00. The number of aromatic hydroxyl groups is 1. The summed E-state index contributed by atoms with van der Waals surface area (Å²) in [5, 5.41) is 21.6. The maximum atomic E-state index is 13.1. The molecule has 3 rings (SSSR count). The van der Waals surface area contributed by atoms with Crippen LogP contribution in [0.2, 0.25) is 0 Å². The zero-order valence-corrected chi connectivity index (χ0v) is 19.7. The first-order chi connectivity index (χ1) is 16.3. The Hall–Kier alpha value is -3.33. The lowest BCUT2D eigenvalue weighted by Crippen LogP contribution is -2.47. The van der Waals surface area contributed by atoms with Gasteiger partial charge in [0.15, 0.2) is 5.12 Å². The van der Waals surface area contributed by atoms with E-state index in [1.807, 2.05) is 30.3 Å². The highest BCUT2D eigenvalue weighted by Crippen LogP contribution is 2.39. The number of phenols is 1. The summed E-state index contributed by atoms with van der Waals surface area (Å²) in [6, 6.07) is 14.1. The third-order valence-electron chi connectivity index (χ3n) is 5.79. The van der Waals surface area contributed by atoms with Crippen LogP contribution in [0.1, 0.15) is 43.4 Å². The molecule has 0 saturated carbocycles. The van der Waals surface area contributed by atoms with Crippen molar-refractivity contribution in [2.24, 2.45) is 0 Å². The average Bonchev–Trinajstić information content (AvgIpc) is 3.28. The monoisotopic (exact) mass is 484 g/mol. The second-order valence-corrected chi connectivity index (χ2v) is 9.31. The summed E-state index contributed by atoms with van der Waals surface area (Å²) in [7, 11) is 0. The second-order valence-electron chi connectivity index (χ2n) is 8.05. The summed E-state index contributed by atoms with van der Waals surface area (Å²) >= 11 is 0.933. The SMILES string of the molecule is CCC(=O)SC(Cc1ccccc1)C(=O)NCC(=O)N1C(C(=O)O)CCC1c1ccccc1O. The molecule has 9 heteroatoms. The minimum absolute atomic E-state index is 0.0159. The molecule has 0 spiro atoms. The number of carbonyl (C=O) groups is 4. The Labute approximate surface area is 202 Å². The van der Waals surface area contributed by atoms with Crippen molar-refractivity contribution in [2.45, 2.75) is 49.9 Å². The highest BCUT2D eigenvalue weighted by Gasteiger charge is 2.42. The summed E-state index contributed by atoms with van der Waals surface area (Å²) in [5.74, 6) is -2.17. The van der Waals surface area contributed by atoms with Gasteiger partial charge in [-0.1, -0.05) is 67.2 Å². The molecule has 2 aromatic rings. The second kappa shape index (κ2) is 11.7. The number of hydrogen-bond donors (Lipinski definition) is 3. The number of carboxylic acid groups (broad SMARTS) is 1. The highest BCUT2D eigenvalue weighted by molar-refractivity contribution is 8.14. The molecule has 0 bridgehead atoms. The van der Waals surface area contributed by atoms with E-state index >= 15 is 0 Å². The van der Waals surface area contributed by atoms with Crippen LogP contribution in [0, 0.1) is 0 Å². The maximum Gasteiger partial charge on any atom is 0.326 e. The number of carbonyl (C=O) groups excluding carboxylic acids is 3. The first kappa shape index (κ1) is 25.3. The van der Waals surface area contributed by atoms with Crippen molar-refractivity contribution in [1.29, 1.82) is 0 Å². The smallest absolute Gasteiger partial charge is 0.326 e. The molecule has 2 aromatic carbocycles. The molecule has 8 nitrogen and oxygen atoms in total. The van der Waals surface area contributed by atoms with Crippen molar-refractivity contribution >= 4 is 34.7 Å². The van der Waals surface area contributed by atoms with E-state index in [0.717, 1.165) is 17.3 Å². The minimum Gasteiger partial charge on any atom is -0.508 e. The van der Waals surface area contributed by atoms with E-state index in [1.54, 1.807) is 25.1 Å². The van der Waals surface area contributed by atoms with E-state index in [2.05, 4.69) is 5.32 Å². The summed E-state index contributed by atoms with van der Waals surface area (Å²) in [5.41, 5.74) is 1.35. The summed E-state index contributed by atoms with van der Waals surface area (Å²) < 4.78 is 0. The molecule has 0 aromatic heterocycles. The van der Waals surface area contributed by atoms with E-state index < -0.39 is 41.7 Å². The molecule has 1 aliphatic rings. The van der Waals surface area contributed by atoms with Crippen molar-refractivity contribution < 1.29 is 29.4 Å². The van der Waals surface area contributed by atoms with Crippen LogP contribution in [0.5, 0.6) is 5.75 Å². The van der Waals surface area contributed by atoms with Crippen molar-refractivity contribution in [3.63, 3.8) is 0 Å². The standard InChI is InChI=1S/C25H28N2O6S/c1-2-23(30)34-21(14-16-8-4-3-5-9-16)24(31)26-15-22(29)27-18(12-13-19(27)25(32)33)17-10-6-7-11-20(17)28/h3-11,18-19,21,28H,2,12-15H2,1H3,(H,26,31)(H,32,33). The van der Waals surface area contributed by atoms with Gasteiger partial charge in [-0.2, -0.15) is 0 Å². The van der Waals surface area contributed by atoms with Gasteiger partial charge in [0.2, 0.25) is 11.8 Å². The van der Waals surface area contributed by atoms with Gasteiger partial charge < -0.3 is 20.4 Å². The number of para-hydroxylation sites is 1. The molecular formula is C25H28N2O6S. The predicted octanol–water partition coefficient (Wildman–Crippen LogP) is 2.91. The van der Waals surface area contributed by atoms with Gasteiger partial charge >= 0.3 is 5.97 Å². The lowest BCUT2D eigenvalue weighted by molar-refractivity contribution is -0.149. The van der Waals surface area contributed by atoms with Crippen molar-refractivity contribution in [3.8, 4) is 5.75 Å². The van der Waals surface area contributed by atoms with Crippen LogP contribution in [-0.2, 0) is 25.6 Å². The summed E-state index contributed by atoms with van der Waals surface area (Å²) in [6.45, 7) is 1.31. The van der Waals surface area contributed by atoms with E-state index in [9.17, 15) is 29.4 Å². The van der Waals surface area contributed by atoms with Gasteiger partial charge in [-0.25, -0.2) is 4.79 Å². The molecule has 3 unspecified atom stereocenters.